The van der Waals surface area contributed by atoms with Gasteiger partial charge in [-0.05, 0) is 42.0 Å². The van der Waals surface area contributed by atoms with Gasteiger partial charge in [0, 0.05) is 32.4 Å². The molecular formula is C30H36N4O4. The number of carbonyl (C=O) groups excluding carboxylic acids is 2. The molecule has 1 aromatic carbocycles. The zero-order chi connectivity index (χ0) is 27.2. The number of carbonyl (C=O) groups is 2. The number of benzene rings is 1. The minimum Gasteiger partial charge on any atom is -0.505 e. The van der Waals surface area contributed by atoms with Crippen molar-refractivity contribution in [3.05, 3.63) is 76.2 Å². The third-order valence-electron chi connectivity index (χ3n) is 7.64. The van der Waals surface area contributed by atoms with E-state index in [-0.39, 0.29) is 16.7 Å². The second kappa shape index (κ2) is 10.0. The van der Waals surface area contributed by atoms with Crippen LogP contribution in [-0.4, -0.2) is 75.4 Å². The van der Waals surface area contributed by atoms with E-state index in [4.69, 9.17) is 4.74 Å². The number of amides is 1. The third-order valence-corrected chi connectivity index (χ3v) is 7.64. The van der Waals surface area contributed by atoms with Crippen molar-refractivity contribution in [2.75, 3.05) is 39.4 Å². The highest BCUT2D eigenvalue weighted by Gasteiger charge is 2.46. The minimum atomic E-state index is -0.695. The molecule has 0 radical (unpaired) electrons. The Morgan fingerprint density at radius 2 is 1.74 bits per heavy atom. The van der Waals surface area contributed by atoms with Crippen molar-refractivity contribution in [1.82, 2.24) is 19.2 Å². The normalized spacial score (nSPS) is 20.6. The number of aromatic nitrogens is 2. The molecule has 4 heterocycles. The molecule has 0 bridgehead atoms. The Morgan fingerprint density at radius 3 is 2.39 bits per heavy atom. The van der Waals surface area contributed by atoms with E-state index >= 15 is 0 Å². The van der Waals surface area contributed by atoms with E-state index in [1.54, 1.807) is 9.30 Å². The maximum absolute atomic E-state index is 13.6. The monoisotopic (exact) mass is 516 g/mol. The van der Waals surface area contributed by atoms with Crippen molar-refractivity contribution < 1.29 is 19.4 Å². The number of aryl methyl sites for hydroxylation is 2. The lowest BCUT2D eigenvalue weighted by atomic mass is 9.85. The average Bonchev–Trinajstić information content (AvgIpc) is 3.36. The molecule has 1 N–H and O–H groups in total. The van der Waals surface area contributed by atoms with E-state index in [1.807, 2.05) is 56.4 Å². The summed E-state index contributed by atoms with van der Waals surface area (Å²) in [6.07, 6.45) is 1.82. The Bertz CT molecular complexity index is 1410. The second-order valence-corrected chi connectivity index (χ2v) is 11.2. The van der Waals surface area contributed by atoms with Crippen molar-refractivity contribution in [3.63, 3.8) is 0 Å². The number of fused-ring (bicyclic) bond motifs is 1. The molecule has 1 atom stereocenters. The number of pyridine rings is 1. The predicted molar refractivity (Wildman–Crippen MR) is 146 cm³/mol. The highest BCUT2D eigenvalue weighted by Crippen LogP contribution is 2.40. The Balaban J connectivity index is 1.62. The molecule has 8 heteroatoms. The number of ether oxygens (including phenoxy) is 1. The summed E-state index contributed by atoms with van der Waals surface area (Å²) < 4.78 is 7.25. The fourth-order valence-corrected chi connectivity index (χ4v) is 5.43. The average molecular weight is 517 g/mol. The number of aliphatic hydroxyl groups excluding tert-OH is 1. The smallest absolute Gasteiger partial charge is 0.295 e. The first kappa shape index (κ1) is 26.1. The molecule has 38 heavy (non-hydrogen) atoms. The van der Waals surface area contributed by atoms with Gasteiger partial charge in [-0.1, -0.05) is 51.1 Å². The van der Waals surface area contributed by atoms with E-state index in [9.17, 15) is 14.7 Å². The van der Waals surface area contributed by atoms with Gasteiger partial charge in [0.05, 0.1) is 30.5 Å². The van der Waals surface area contributed by atoms with E-state index in [2.05, 4.69) is 30.7 Å². The number of nitrogens with zero attached hydrogens (tertiary/aromatic N) is 4. The Hall–Kier alpha value is -3.49. The fraction of sp³-hybridized carbons (Fsp3) is 0.433. The topological polar surface area (TPSA) is 87.4 Å². The van der Waals surface area contributed by atoms with Crippen LogP contribution in [0.3, 0.4) is 0 Å². The van der Waals surface area contributed by atoms with Crippen LogP contribution in [0, 0.1) is 13.8 Å². The molecular weight excluding hydrogens is 480 g/mol. The quantitative estimate of drug-likeness (QED) is 0.313. The molecule has 2 fully saturated rings. The molecule has 2 aliphatic heterocycles. The molecule has 200 valence electrons. The van der Waals surface area contributed by atoms with Crippen LogP contribution in [-0.2, 0) is 19.7 Å². The summed E-state index contributed by atoms with van der Waals surface area (Å²) in [5.74, 6) is -1.46. The van der Waals surface area contributed by atoms with Gasteiger partial charge < -0.3 is 14.7 Å². The molecule has 2 aliphatic rings. The molecule has 5 rings (SSSR count). The summed E-state index contributed by atoms with van der Waals surface area (Å²) in [6.45, 7) is 14.1. The number of likely N-dealkylation sites (tertiary alicyclic amines) is 1. The standard InChI is InChI=1S/C30H36N4O4/c1-19-7-6-12-33-24(20(2)31-28(19)33)26(35)23-25(21-8-10-22(11-9-21)30(3,4)5)34(29(37)27(23)36)14-13-32-15-17-38-18-16-32/h6-12,25,35H,13-18H2,1-5H3/t25-/m1/s1. The highest BCUT2D eigenvalue weighted by molar-refractivity contribution is 6.46. The van der Waals surface area contributed by atoms with Gasteiger partial charge in [-0.2, -0.15) is 0 Å². The minimum absolute atomic E-state index is 0.0395. The molecule has 0 unspecified atom stereocenters. The lowest BCUT2D eigenvalue weighted by Crippen LogP contribution is -2.42. The molecule has 1 amide bonds. The van der Waals surface area contributed by atoms with Crippen LogP contribution in [0.15, 0.2) is 48.2 Å². The number of Topliss-reactive ketones (excluding diaryl/α,β-unsaturated/α-hetero) is 1. The largest absolute Gasteiger partial charge is 0.505 e. The molecule has 8 nitrogen and oxygen atoms in total. The highest BCUT2D eigenvalue weighted by atomic mass is 16.5. The van der Waals surface area contributed by atoms with Crippen molar-refractivity contribution >= 4 is 23.1 Å². The van der Waals surface area contributed by atoms with Crippen LogP contribution in [0.5, 0.6) is 0 Å². The summed E-state index contributed by atoms with van der Waals surface area (Å²) in [5, 5.41) is 11.7. The SMILES string of the molecule is Cc1nc2c(C)cccn2c1C(O)=C1C(=O)C(=O)N(CCN2CCOCC2)[C@@H]1c1ccc(C(C)(C)C)cc1. The zero-order valence-electron chi connectivity index (χ0n) is 22.8. The molecule has 2 aromatic heterocycles. The van der Waals surface area contributed by atoms with E-state index in [1.165, 1.54) is 0 Å². The zero-order valence-corrected chi connectivity index (χ0v) is 22.8. The van der Waals surface area contributed by atoms with E-state index in [0.29, 0.717) is 43.3 Å². The van der Waals surface area contributed by atoms with Gasteiger partial charge in [-0.3, -0.25) is 18.9 Å². The van der Waals surface area contributed by atoms with Crippen LogP contribution in [0.2, 0.25) is 0 Å². The van der Waals surface area contributed by atoms with Gasteiger partial charge >= 0.3 is 0 Å². The van der Waals surface area contributed by atoms with Crippen LogP contribution < -0.4 is 0 Å². The molecule has 2 saturated heterocycles. The molecule has 3 aromatic rings. The maximum atomic E-state index is 13.6. The summed E-state index contributed by atoms with van der Waals surface area (Å²) >= 11 is 0. The Labute approximate surface area is 223 Å². The van der Waals surface area contributed by atoms with Crippen LogP contribution in [0.1, 0.15) is 54.9 Å². The van der Waals surface area contributed by atoms with Crippen molar-refractivity contribution in [2.24, 2.45) is 0 Å². The summed E-state index contributed by atoms with van der Waals surface area (Å²) in [5.41, 5.74) is 4.70. The van der Waals surface area contributed by atoms with Crippen LogP contribution in [0.25, 0.3) is 11.4 Å². The predicted octanol–water partition coefficient (Wildman–Crippen LogP) is 4.00. The third kappa shape index (κ3) is 4.63. The van der Waals surface area contributed by atoms with E-state index < -0.39 is 17.7 Å². The fourth-order valence-electron chi connectivity index (χ4n) is 5.43. The maximum Gasteiger partial charge on any atom is 0.295 e. The number of rotatable bonds is 5. The lowest BCUT2D eigenvalue weighted by Gasteiger charge is -2.31. The summed E-state index contributed by atoms with van der Waals surface area (Å²) in [6, 6.07) is 11.2. The molecule has 0 spiro atoms. The number of morpholine rings is 1. The van der Waals surface area contributed by atoms with Gasteiger partial charge in [-0.25, -0.2) is 4.98 Å². The van der Waals surface area contributed by atoms with E-state index in [0.717, 1.165) is 29.8 Å². The Kier molecular flexibility index (Phi) is 6.88. The van der Waals surface area contributed by atoms with Gasteiger partial charge in [0.25, 0.3) is 11.7 Å². The second-order valence-electron chi connectivity index (χ2n) is 11.2. The number of hydrogen-bond acceptors (Lipinski definition) is 6. The number of hydrogen-bond donors (Lipinski definition) is 1. The first-order chi connectivity index (χ1) is 18.1. The van der Waals surface area contributed by atoms with Crippen molar-refractivity contribution in [3.8, 4) is 0 Å². The van der Waals surface area contributed by atoms with Crippen LogP contribution in [0.4, 0.5) is 0 Å². The van der Waals surface area contributed by atoms with Crippen LogP contribution >= 0.6 is 0 Å². The van der Waals surface area contributed by atoms with Gasteiger partial charge in [0.2, 0.25) is 0 Å². The van der Waals surface area contributed by atoms with Gasteiger partial charge in [-0.15, -0.1) is 0 Å². The molecule has 0 aliphatic carbocycles. The van der Waals surface area contributed by atoms with Crippen molar-refractivity contribution in [1.29, 1.82) is 0 Å². The number of aliphatic hydroxyl groups is 1. The number of imidazole rings is 1. The molecule has 0 saturated carbocycles. The summed E-state index contributed by atoms with van der Waals surface area (Å²) in [4.78, 5) is 35.5. The lowest BCUT2D eigenvalue weighted by molar-refractivity contribution is -0.140. The first-order valence-corrected chi connectivity index (χ1v) is 13.2. The van der Waals surface area contributed by atoms with Gasteiger partial charge in [0.1, 0.15) is 11.3 Å². The first-order valence-electron chi connectivity index (χ1n) is 13.2. The number of ketones is 1. The van der Waals surface area contributed by atoms with Gasteiger partial charge in [0.15, 0.2) is 5.76 Å². The Morgan fingerprint density at radius 1 is 1.05 bits per heavy atom. The van der Waals surface area contributed by atoms with Crippen molar-refractivity contribution in [2.45, 2.75) is 46.1 Å². The summed E-state index contributed by atoms with van der Waals surface area (Å²) in [7, 11) is 0.